The van der Waals surface area contributed by atoms with Crippen LogP contribution in [0.5, 0.6) is 0 Å². The van der Waals surface area contributed by atoms with Gasteiger partial charge in [-0.15, -0.1) is 0 Å². The molecule has 1 aliphatic rings. The molecule has 1 aliphatic heterocycles. The first kappa shape index (κ1) is 48.9. The van der Waals surface area contributed by atoms with Gasteiger partial charge in [0.1, 0.15) is 30.5 Å². The lowest BCUT2D eigenvalue weighted by Crippen LogP contribution is -2.59. The summed E-state index contributed by atoms with van der Waals surface area (Å²) in [5.41, 5.74) is 0. The van der Waals surface area contributed by atoms with Crippen LogP contribution in [-0.2, 0) is 19.0 Å². The SMILES string of the molecule is CCCCCCCCCCCCCCCCCCC=CCCCCCCCCCCCCCC(=O)OC(CO)COC1OC(CO)C(O)C(O)C1O. The van der Waals surface area contributed by atoms with Crippen LogP contribution in [0.4, 0.5) is 0 Å². The lowest BCUT2D eigenvalue weighted by atomic mass is 9.99. The molecular formula is C43H82O9. The van der Waals surface area contributed by atoms with Crippen molar-refractivity contribution in [2.45, 2.75) is 236 Å². The van der Waals surface area contributed by atoms with Gasteiger partial charge in [0.2, 0.25) is 0 Å². The number of allylic oxidation sites excluding steroid dienone is 2. The Kier molecular flexibility index (Phi) is 33.5. The van der Waals surface area contributed by atoms with Gasteiger partial charge in [0, 0.05) is 6.42 Å². The Balaban J connectivity index is 1.82. The Morgan fingerprint density at radius 3 is 1.38 bits per heavy atom. The molecule has 1 fully saturated rings. The fraction of sp³-hybridized carbons (Fsp3) is 0.930. The molecular weight excluding hydrogens is 660 g/mol. The maximum atomic E-state index is 12.2. The van der Waals surface area contributed by atoms with Crippen molar-refractivity contribution in [3.8, 4) is 0 Å². The summed E-state index contributed by atoms with van der Waals surface area (Å²) < 4.78 is 15.9. The van der Waals surface area contributed by atoms with Crippen LogP contribution in [0.25, 0.3) is 0 Å². The molecule has 1 rings (SSSR count). The number of aliphatic hydroxyl groups excluding tert-OH is 5. The minimum absolute atomic E-state index is 0.255. The molecule has 0 bridgehead atoms. The normalized spacial score (nSPS) is 21.2. The van der Waals surface area contributed by atoms with Crippen LogP contribution in [0.2, 0.25) is 0 Å². The van der Waals surface area contributed by atoms with Crippen molar-refractivity contribution in [1.82, 2.24) is 0 Å². The number of rotatable bonds is 37. The average Bonchev–Trinajstić information content (AvgIpc) is 3.15. The van der Waals surface area contributed by atoms with E-state index in [1.807, 2.05) is 0 Å². The van der Waals surface area contributed by atoms with E-state index < -0.39 is 56.0 Å². The van der Waals surface area contributed by atoms with E-state index in [1.165, 1.54) is 167 Å². The Morgan fingerprint density at radius 2 is 0.981 bits per heavy atom. The summed E-state index contributed by atoms with van der Waals surface area (Å²) in [6.07, 6.45) is 35.4. The number of esters is 1. The standard InChI is InChI=1S/C43H82O9/c1-2-3-4-5-6-7-8-9-10-11-12-13-14-15-16-17-18-19-20-21-22-23-24-25-26-27-28-29-30-31-32-33-39(46)51-37(34-44)36-50-43-42(49)41(48)40(47)38(35-45)52-43/h19-20,37-38,40-45,47-49H,2-18,21-36H2,1H3. The lowest BCUT2D eigenvalue weighted by Gasteiger charge is -2.39. The van der Waals surface area contributed by atoms with E-state index in [-0.39, 0.29) is 13.0 Å². The molecule has 0 aromatic rings. The van der Waals surface area contributed by atoms with Crippen molar-refractivity contribution in [2.75, 3.05) is 19.8 Å². The molecule has 308 valence electrons. The van der Waals surface area contributed by atoms with Gasteiger partial charge in [-0.3, -0.25) is 4.79 Å². The molecule has 9 heteroatoms. The molecule has 1 saturated heterocycles. The Morgan fingerprint density at radius 1 is 0.577 bits per heavy atom. The second kappa shape index (κ2) is 35.6. The highest BCUT2D eigenvalue weighted by Crippen LogP contribution is 2.22. The van der Waals surface area contributed by atoms with Gasteiger partial charge >= 0.3 is 5.97 Å². The quantitative estimate of drug-likeness (QED) is 0.0239. The molecule has 52 heavy (non-hydrogen) atoms. The maximum Gasteiger partial charge on any atom is 0.306 e. The number of aliphatic hydroxyl groups is 5. The second-order valence-electron chi connectivity index (χ2n) is 15.3. The Hall–Kier alpha value is -1.07. The van der Waals surface area contributed by atoms with Crippen LogP contribution in [0.15, 0.2) is 12.2 Å². The molecule has 6 unspecified atom stereocenters. The van der Waals surface area contributed by atoms with Crippen LogP contribution in [0.1, 0.15) is 200 Å². The monoisotopic (exact) mass is 743 g/mol. The number of unbranched alkanes of at least 4 members (excludes halogenated alkanes) is 27. The van der Waals surface area contributed by atoms with Gasteiger partial charge in [-0.05, 0) is 32.1 Å². The smallest absolute Gasteiger partial charge is 0.306 e. The number of carbonyl (C=O) groups excluding carboxylic acids is 1. The molecule has 6 atom stereocenters. The fourth-order valence-corrected chi connectivity index (χ4v) is 6.94. The van der Waals surface area contributed by atoms with Gasteiger partial charge in [0.05, 0.1) is 19.8 Å². The van der Waals surface area contributed by atoms with Gasteiger partial charge in [-0.25, -0.2) is 0 Å². The van der Waals surface area contributed by atoms with Crippen LogP contribution < -0.4 is 0 Å². The van der Waals surface area contributed by atoms with E-state index >= 15 is 0 Å². The van der Waals surface area contributed by atoms with E-state index in [4.69, 9.17) is 14.2 Å². The first-order valence-corrected chi connectivity index (χ1v) is 21.8. The molecule has 1 heterocycles. The first-order chi connectivity index (χ1) is 25.4. The third kappa shape index (κ3) is 26.7. The van der Waals surface area contributed by atoms with Gasteiger partial charge in [0.25, 0.3) is 0 Å². The third-order valence-corrected chi connectivity index (χ3v) is 10.4. The van der Waals surface area contributed by atoms with E-state index in [1.54, 1.807) is 0 Å². The fourth-order valence-electron chi connectivity index (χ4n) is 6.94. The molecule has 0 amide bonds. The summed E-state index contributed by atoms with van der Waals surface area (Å²) >= 11 is 0. The topological polar surface area (TPSA) is 146 Å². The van der Waals surface area contributed by atoms with Gasteiger partial charge in [-0.2, -0.15) is 0 Å². The van der Waals surface area contributed by atoms with E-state index in [2.05, 4.69) is 19.1 Å². The molecule has 0 saturated carbocycles. The predicted octanol–water partition coefficient (Wildman–Crippen LogP) is 8.99. The second-order valence-corrected chi connectivity index (χ2v) is 15.3. The summed E-state index contributed by atoms with van der Waals surface area (Å²) in [5, 5.41) is 48.6. The van der Waals surface area contributed by atoms with Crippen LogP contribution in [0.3, 0.4) is 0 Å². The number of hydrogen-bond donors (Lipinski definition) is 5. The number of hydrogen-bond acceptors (Lipinski definition) is 9. The molecule has 9 nitrogen and oxygen atoms in total. The van der Waals surface area contributed by atoms with Crippen molar-refractivity contribution in [2.24, 2.45) is 0 Å². The highest BCUT2D eigenvalue weighted by atomic mass is 16.7. The zero-order valence-electron chi connectivity index (χ0n) is 33.3. The van der Waals surface area contributed by atoms with Crippen molar-refractivity contribution in [3.05, 3.63) is 12.2 Å². The Labute approximate surface area is 318 Å². The minimum atomic E-state index is -1.56. The summed E-state index contributed by atoms with van der Waals surface area (Å²) in [7, 11) is 0. The summed E-state index contributed by atoms with van der Waals surface area (Å²) in [6, 6.07) is 0. The van der Waals surface area contributed by atoms with Crippen molar-refractivity contribution < 1.29 is 44.5 Å². The summed E-state index contributed by atoms with van der Waals surface area (Å²) in [4.78, 5) is 12.2. The summed E-state index contributed by atoms with van der Waals surface area (Å²) in [6.45, 7) is 0.987. The largest absolute Gasteiger partial charge is 0.457 e. The zero-order chi connectivity index (χ0) is 37.9. The van der Waals surface area contributed by atoms with E-state index in [0.717, 1.165) is 19.3 Å². The van der Waals surface area contributed by atoms with Crippen molar-refractivity contribution in [3.63, 3.8) is 0 Å². The van der Waals surface area contributed by atoms with Crippen LogP contribution >= 0.6 is 0 Å². The van der Waals surface area contributed by atoms with Gasteiger partial charge in [-0.1, -0.05) is 173 Å². The summed E-state index contributed by atoms with van der Waals surface area (Å²) in [5.74, 6) is -0.428. The van der Waals surface area contributed by atoms with Crippen LogP contribution in [-0.4, -0.2) is 88.1 Å². The highest BCUT2D eigenvalue weighted by molar-refractivity contribution is 5.69. The molecule has 0 aromatic heterocycles. The number of carbonyl (C=O) groups is 1. The molecule has 0 radical (unpaired) electrons. The molecule has 0 aromatic carbocycles. The third-order valence-electron chi connectivity index (χ3n) is 10.4. The van der Waals surface area contributed by atoms with Crippen molar-refractivity contribution >= 4 is 5.97 Å². The maximum absolute atomic E-state index is 12.2. The molecule has 5 N–H and O–H groups in total. The first-order valence-electron chi connectivity index (χ1n) is 21.8. The molecule has 0 spiro atoms. The predicted molar refractivity (Wildman–Crippen MR) is 210 cm³/mol. The van der Waals surface area contributed by atoms with Gasteiger partial charge in [0.15, 0.2) is 6.29 Å². The van der Waals surface area contributed by atoms with E-state index in [9.17, 15) is 30.3 Å². The number of ether oxygens (including phenoxy) is 3. The lowest BCUT2D eigenvalue weighted by molar-refractivity contribution is -0.305. The van der Waals surface area contributed by atoms with Crippen LogP contribution in [0, 0.1) is 0 Å². The molecule has 0 aliphatic carbocycles. The van der Waals surface area contributed by atoms with Crippen molar-refractivity contribution in [1.29, 1.82) is 0 Å². The van der Waals surface area contributed by atoms with E-state index in [0.29, 0.717) is 0 Å². The minimum Gasteiger partial charge on any atom is -0.457 e. The zero-order valence-corrected chi connectivity index (χ0v) is 33.3. The average molecular weight is 743 g/mol. The van der Waals surface area contributed by atoms with Gasteiger partial charge < -0.3 is 39.7 Å². The highest BCUT2D eigenvalue weighted by Gasteiger charge is 2.44. The Bertz CT molecular complexity index is 807.